The molecular formula is C18H26N2O3. The number of amides is 1. The summed E-state index contributed by atoms with van der Waals surface area (Å²) in [7, 11) is 1.68. The van der Waals surface area contributed by atoms with Gasteiger partial charge in [-0.2, -0.15) is 0 Å². The van der Waals surface area contributed by atoms with Gasteiger partial charge in [0.1, 0.15) is 5.75 Å². The maximum atomic E-state index is 12.9. The van der Waals surface area contributed by atoms with E-state index in [0.717, 1.165) is 51.0 Å². The smallest absolute Gasteiger partial charge is 0.230 e. The second-order valence-corrected chi connectivity index (χ2v) is 6.80. The fraction of sp³-hybridized carbons (Fsp3) is 0.611. The number of likely N-dealkylation sites (tertiary alicyclic amines) is 2. The van der Waals surface area contributed by atoms with Crippen LogP contribution < -0.4 is 0 Å². The molecule has 1 aromatic rings. The molecule has 2 saturated heterocycles. The quantitative estimate of drug-likeness (QED) is 0.900. The van der Waals surface area contributed by atoms with E-state index in [0.29, 0.717) is 24.8 Å². The Bertz CT molecular complexity index is 563. The number of benzene rings is 1. The van der Waals surface area contributed by atoms with Crippen LogP contribution in [0.15, 0.2) is 24.3 Å². The zero-order valence-corrected chi connectivity index (χ0v) is 13.8. The van der Waals surface area contributed by atoms with E-state index in [-0.39, 0.29) is 5.41 Å². The Labute approximate surface area is 137 Å². The Morgan fingerprint density at radius 2 is 2.17 bits per heavy atom. The van der Waals surface area contributed by atoms with E-state index >= 15 is 0 Å². The first-order valence-electron chi connectivity index (χ1n) is 8.41. The van der Waals surface area contributed by atoms with Crippen molar-refractivity contribution in [2.24, 2.45) is 5.41 Å². The van der Waals surface area contributed by atoms with E-state index in [9.17, 15) is 9.90 Å². The van der Waals surface area contributed by atoms with Gasteiger partial charge in [0.15, 0.2) is 0 Å². The van der Waals surface area contributed by atoms with Gasteiger partial charge >= 0.3 is 0 Å². The Kier molecular flexibility index (Phi) is 4.87. The first-order valence-corrected chi connectivity index (χ1v) is 8.41. The Morgan fingerprint density at radius 3 is 2.96 bits per heavy atom. The van der Waals surface area contributed by atoms with Gasteiger partial charge in [-0.1, -0.05) is 12.1 Å². The Balaban J connectivity index is 1.64. The van der Waals surface area contributed by atoms with Gasteiger partial charge in [-0.15, -0.1) is 0 Å². The van der Waals surface area contributed by atoms with Crippen LogP contribution >= 0.6 is 0 Å². The highest BCUT2D eigenvalue weighted by Crippen LogP contribution is 2.40. The maximum absolute atomic E-state index is 12.9. The zero-order valence-electron chi connectivity index (χ0n) is 13.8. The molecule has 1 unspecified atom stereocenters. The minimum atomic E-state index is -0.206. The van der Waals surface area contributed by atoms with Crippen molar-refractivity contribution in [3.05, 3.63) is 29.8 Å². The number of ether oxygens (including phenoxy) is 1. The van der Waals surface area contributed by atoms with E-state index in [1.165, 1.54) is 0 Å². The topological polar surface area (TPSA) is 53.0 Å². The van der Waals surface area contributed by atoms with Crippen molar-refractivity contribution in [2.45, 2.75) is 25.8 Å². The summed E-state index contributed by atoms with van der Waals surface area (Å²) in [5, 5.41) is 9.60. The van der Waals surface area contributed by atoms with E-state index < -0.39 is 0 Å². The molecule has 1 N–H and O–H groups in total. The first-order chi connectivity index (χ1) is 11.1. The number of hydrogen-bond donors (Lipinski definition) is 1. The molecule has 1 amide bonds. The molecule has 1 aromatic carbocycles. The van der Waals surface area contributed by atoms with Crippen LogP contribution in [0.4, 0.5) is 0 Å². The lowest BCUT2D eigenvalue weighted by atomic mass is 9.78. The Hall–Kier alpha value is -1.59. The van der Waals surface area contributed by atoms with E-state index in [4.69, 9.17) is 4.74 Å². The van der Waals surface area contributed by atoms with Crippen LogP contribution in [0.25, 0.3) is 0 Å². The summed E-state index contributed by atoms with van der Waals surface area (Å²) in [6, 6.07) is 7.39. The normalized spacial score (nSPS) is 25.4. The summed E-state index contributed by atoms with van der Waals surface area (Å²) in [6.45, 7) is 4.72. The van der Waals surface area contributed by atoms with Crippen LogP contribution in [0.3, 0.4) is 0 Å². The molecule has 0 radical (unpaired) electrons. The van der Waals surface area contributed by atoms with Crippen molar-refractivity contribution in [1.29, 1.82) is 0 Å². The van der Waals surface area contributed by atoms with E-state index in [1.54, 1.807) is 19.2 Å². The Morgan fingerprint density at radius 1 is 1.30 bits per heavy atom. The average molecular weight is 318 g/mol. The number of rotatable bonds is 5. The highest BCUT2D eigenvalue weighted by Gasteiger charge is 2.47. The molecule has 23 heavy (non-hydrogen) atoms. The molecule has 2 fully saturated rings. The number of methoxy groups -OCH3 is 1. The molecule has 1 atom stereocenters. The number of phenols is 1. The van der Waals surface area contributed by atoms with Crippen LogP contribution in [0.5, 0.6) is 5.75 Å². The van der Waals surface area contributed by atoms with Crippen molar-refractivity contribution in [2.75, 3.05) is 39.9 Å². The van der Waals surface area contributed by atoms with E-state index in [1.807, 2.05) is 17.0 Å². The van der Waals surface area contributed by atoms with Gasteiger partial charge in [-0.05, 0) is 43.5 Å². The molecule has 1 spiro atoms. The predicted molar refractivity (Wildman–Crippen MR) is 88.1 cm³/mol. The number of hydrogen-bond acceptors (Lipinski definition) is 4. The number of aromatic hydroxyl groups is 1. The standard InChI is InChI=1S/C18H26N2O3/c1-23-11-10-20-8-3-6-18(17(20)22)7-9-19(14-18)13-15-4-2-5-16(21)12-15/h2,4-5,12,21H,3,6-11,13-14H2,1H3. The lowest BCUT2D eigenvalue weighted by Crippen LogP contribution is -2.50. The molecule has 5 nitrogen and oxygen atoms in total. The highest BCUT2D eigenvalue weighted by atomic mass is 16.5. The minimum Gasteiger partial charge on any atom is -0.508 e. The fourth-order valence-electron chi connectivity index (χ4n) is 3.95. The van der Waals surface area contributed by atoms with Crippen LogP contribution in [0.2, 0.25) is 0 Å². The minimum absolute atomic E-state index is 0.206. The molecule has 2 aliphatic heterocycles. The molecule has 2 heterocycles. The van der Waals surface area contributed by atoms with Crippen molar-refractivity contribution >= 4 is 5.91 Å². The number of nitrogens with zero attached hydrogens (tertiary/aromatic N) is 2. The summed E-state index contributed by atoms with van der Waals surface area (Å²) in [5.74, 6) is 0.607. The molecule has 126 valence electrons. The number of piperidine rings is 1. The SMILES string of the molecule is COCCN1CCCC2(CCN(Cc3cccc(O)c3)C2)C1=O. The number of phenolic OH excluding ortho intramolecular Hbond substituents is 1. The second kappa shape index (κ2) is 6.89. The summed E-state index contributed by atoms with van der Waals surface area (Å²) in [6.07, 6.45) is 3.01. The first kappa shape index (κ1) is 16.3. The molecule has 5 heteroatoms. The molecule has 0 aliphatic carbocycles. The third kappa shape index (κ3) is 3.51. The summed E-state index contributed by atoms with van der Waals surface area (Å²) in [4.78, 5) is 17.2. The van der Waals surface area contributed by atoms with Gasteiger partial charge in [0.05, 0.1) is 12.0 Å². The molecule has 0 aromatic heterocycles. The van der Waals surface area contributed by atoms with Gasteiger partial charge in [0, 0.05) is 33.3 Å². The van der Waals surface area contributed by atoms with E-state index in [2.05, 4.69) is 4.90 Å². The van der Waals surface area contributed by atoms with Gasteiger partial charge in [-0.3, -0.25) is 9.69 Å². The predicted octanol–water partition coefficient (Wildman–Crippen LogP) is 1.85. The largest absolute Gasteiger partial charge is 0.508 e. The van der Waals surface area contributed by atoms with Crippen LogP contribution in [0.1, 0.15) is 24.8 Å². The average Bonchev–Trinajstić information content (AvgIpc) is 2.93. The van der Waals surface area contributed by atoms with Gasteiger partial charge in [-0.25, -0.2) is 0 Å². The molecule has 0 saturated carbocycles. The van der Waals surface area contributed by atoms with Crippen molar-refractivity contribution in [3.63, 3.8) is 0 Å². The molecule has 3 rings (SSSR count). The fourth-order valence-corrected chi connectivity index (χ4v) is 3.95. The van der Waals surface area contributed by atoms with Crippen molar-refractivity contribution in [3.8, 4) is 5.75 Å². The molecule has 0 bridgehead atoms. The third-order valence-corrected chi connectivity index (χ3v) is 5.14. The van der Waals surface area contributed by atoms with Gasteiger partial charge < -0.3 is 14.7 Å². The third-order valence-electron chi connectivity index (χ3n) is 5.14. The lowest BCUT2D eigenvalue weighted by Gasteiger charge is -2.39. The zero-order chi connectivity index (χ0) is 16.3. The van der Waals surface area contributed by atoms with Crippen LogP contribution in [0, 0.1) is 5.41 Å². The monoisotopic (exact) mass is 318 g/mol. The van der Waals surface area contributed by atoms with Gasteiger partial charge in [0.25, 0.3) is 0 Å². The summed E-state index contributed by atoms with van der Waals surface area (Å²) in [5.41, 5.74) is 0.893. The van der Waals surface area contributed by atoms with Crippen LogP contribution in [-0.4, -0.2) is 60.7 Å². The number of carbonyl (C=O) groups excluding carboxylic acids is 1. The summed E-state index contributed by atoms with van der Waals surface area (Å²) < 4.78 is 5.13. The van der Waals surface area contributed by atoms with Gasteiger partial charge in [0.2, 0.25) is 5.91 Å². The van der Waals surface area contributed by atoms with Crippen LogP contribution in [-0.2, 0) is 16.1 Å². The second-order valence-electron chi connectivity index (χ2n) is 6.80. The molecular weight excluding hydrogens is 292 g/mol. The van der Waals surface area contributed by atoms with Crippen molar-refractivity contribution in [1.82, 2.24) is 9.80 Å². The summed E-state index contributed by atoms with van der Waals surface area (Å²) >= 11 is 0. The number of carbonyl (C=O) groups is 1. The maximum Gasteiger partial charge on any atom is 0.230 e. The highest BCUT2D eigenvalue weighted by molar-refractivity contribution is 5.84. The molecule has 2 aliphatic rings. The van der Waals surface area contributed by atoms with Crippen molar-refractivity contribution < 1.29 is 14.6 Å². The lowest BCUT2D eigenvalue weighted by molar-refractivity contribution is -0.146.